The van der Waals surface area contributed by atoms with E-state index in [-0.39, 0.29) is 0 Å². The fraction of sp³-hybridized carbons (Fsp3) is 0.100. The molecule has 0 atom stereocenters. The van der Waals surface area contributed by atoms with Gasteiger partial charge in [0.05, 0.1) is 5.56 Å². The third kappa shape index (κ3) is 1.69. The third-order valence-electron chi connectivity index (χ3n) is 1.88. The van der Waals surface area contributed by atoms with Crippen molar-refractivity contribution in [3.05, 3.63) is 47.9 Å². The summed E-state index contributed by atoms with van der Waals surface area (Å²) in [6, 6.07) is 5.17. The summed E-state index contributed by atoms with van der Waals surface area (Å²) in [5, 5.41) is 0. The van der Waals surface area contributed by atoms with Crippen LogP contribution in [0.25, 0.3) is 5.57 Å². The molecule has 1 aliphatic rings. The molecule has 0 spiro atoms. The summed E-state index contributed by atoms with van der Waals surface area (Å²) in [6.07, 6.45) is -0.509. The molecule has 0 amide bonds. The van der Waals surface area contributed by atoms with Crippen LogP contribution in [0.3, 0.4) is 0 Å². The Labute approximate surface area is 73.7 Å². The van der Waals surface area contributed by atoms with Crippen molar-refractivity contribution in [2.75, 3.05) is 0 Å². The maximum absolute atomic E-state index is 12.1. The number of hydrogen-bond acceptors (Lipinski definition) is 0. The molecule has 3 heteroatoms. The topological polar surface area (TPSA) is 0 Å². The summed E-state index contributed by atoms with van der Waals surface area (Å²) in [4.78, 5) is 0. The Morgan fingerprint density at radius 3 is 1.92 bits per heavy atom. The first-order chi connectivity index (χ1) is 6.07. The summed E-state index contributed by atoms with van der Waals surface area (Å²) in [6.45, 7) is 0. The van der Waals surface area contributed by atoms with E-state index in [9.17, 15) is 13.2 Å². The van der Waals surface area contributed by atoms with Crippen LogP contribution >= 0.6 is 0 Å². The van der Waals surface area contributed by atoms with Crippen LogP contribution in [0.2, 0.25) is 0 Å². The molecule has 2 rings (SSSR count). The summed E-state index contributed by atoms with van der Waals surface area (Å²) in [5.74, 6) is 0. The van der Waals surface area contributed by atoms with Crippen molar-refractivity contribution in [3.63, 3.8) is 0 Å². The van der Waals surface area contributed by atoms with Crippen molar-refractivity contribution in [3.8, 4) is 0 Å². The van der Waals surface area contributed by atoms with E-state index in [1.165, 1.54) is 12.1 Å². The lowest BCUT2D eigenvalue weighted by Gasteiger charge is -2.08. The smallest absolute Gasteiger partial charge is 0.227 e. The second kappa shape index (κ2) is 2.55. The standard InChI is InChI=1S/C10H6F3/c11-10(12,13)9-5-3-8(4-6-9)7-1-2-7/h1-6H/q-1. The normalized spacial score (nSPS) is 14.8. The van der Waals surface area contributed by atoms with Crippen LogP contribution in [0.15, 0.2) is 30.3 Å². The number of halogens is 3. The first-order valence-corrected chi connectivity index (χ1v) is 3.80. The van der Waals surface area contributed by atoms with Crippen molar-refractivity contribution in [2.24, 2.45) is 0 Å². The minimum Gasteiger partial charge on any atom is -0.227 e. The average Bonchev–Trinajstić information content (AvgIpc) is 2.85. The van der Waals surface area contributed by atoms with Crippen LogP contribution in [0.5, 0.6) is 0 Å². The molecule has 68 valence electrons. The molecule has 0 aliphatic heterocycles. The first-order valence-electron chi connectivity index (χ1n) is 3.80. The molecule has 1 aromatic carbocycles. The van der Waals surface area contributed by atoms with Gasteiger partial charge in [-0.05, 0) is 0 Å². The highest BCUT2D eigenvalue weighted by Gasteiger charge is 2.29. The number of rotatable bonds is 1. The second-order valence-corrected chi connectivity index (χ2v) is 2.86. The molecule has 0 fully saturated rings. The lowest BCUT2D eigenvalue weighted by atomic mass is 10.1. The van der Waals surface area contributed by atoms with Crippen molar-refractivity contribution in [1.29, 1.82) is 0 Å². The summed E-state index contributed by atoms with van der Waals surface area (Å²) < 4.78 is 36.3. The quantitative estimate of drug-likeness (QED) is 0.586. The zero-order valence-electron chi connectivity index (χ0n) is 6.60. The summed E-state index contributed by atoms with van der Waals surface area (Å²) >= 11 is 0. The second-order valence-electron chi connectivity index (χ2n) is 2.86. The van der Waals surface area contributed by atoms with Crippen LogP contribution in [0.4, 0.5) is 13.2 Å². The largest absolute Gasteiger partial charge is 0.416 e. The molecule has 0 N–H and O–H groups in total. The van der Waals surface area contributed by atoms with E-state index in [0.29, 0.717) is 0 Å². The van der Waals surface area contributed by atoms with E-state index >= 15 is 0 Å². The van der Waals surface area contributed by atoms with E-state index in [4.69, 9.17) is 0 Å². The highest BCUT2D eigenvalue weighted by atomic mass is 19.4. The Balaban J connectivity index is 2.28. The maximum atomic E-state index is 12.1. The van der Waals surface area contributed by atoms with Crippen LogP contribution in [0.1, 0.15) is 11.1 Å². The predicted molar refractivity (Wildman–Crippen MR) is 43.7 cm³/mol. The summed E-state index contributed by atoms with van der Waals surface area (Å²) in [7, 11) is 0. The van der Waals surface area contributed by atoms with Crippen molar-refractivity contribution in [1.82, 2.24) is 0 Å². The Kier molecular flexibility index (Phi) is 1.62. The van der Waals surface area contributed by atoms with Gasteiger partial charge in [0.2, 0.25) is 0 Å². The molecule has 0 bridgehead atoms. The molecular weight excluding hydrogens is 177 g/mol. The molecule has 13 heavy (non-hydrogen) atoms. The molecule has 0 aromatic heterocycles. The highest BCUT2D eigenvalue weighted by Crippen LogP contribution is 2.33. The fourth-order valence-electron chi connectivity index (χ4n) is 1.09. The van der Waals surface area contributed by atoms with Gasteiger partial charge in [0.15, 0.2) is 0 Å². The Morgan fingerprint density at radius 2 is 1.54 bits per heavy atom. The van der Waals surface area contributed by atoms with E-state index in [0.717, 1.165) is 23.3 Å². The van der Waals surface area contributed by atoms with Crippen molar-refractivity contribution < 1.29 is 13.2 Å². The molecule has 0 heterocycles. The third-order valence-corrected chi connectivity index (χ3v) is 1.88. The van der Waals surface area contributed by atoms with E-state index in [1.54, 1.807) is 0 Å². The number of benzene rings is 1. The molecule has 0 nitrogen and oxygen atoms in total. The first kappa shape index (κ1) is 8.23. The minimum atomic E-state index is -4.24. The molecule has 1 aliphatic carbocycles. The monoisotopic (exact) mass is 183 g/mol. The van der Waals surface area contributed by atoms with Gasteiger partial charge in [-0.25, -0.2) is 18.1 Å². The van der Waals surface area contributed by atoms with Gasteiger partial charge in [0.25, 0.3) is 0 Å². The maximum Gasteiger partial charge on any atom is 0.416 e. The highest BCUT2D eigenvalue weighted by molar-refractivity contribution is 5.87. The van der Waals surface area contributed by atoms with E-state index < -0.39 is 11.7 Å². The molecular formula is C10H6F3-. The van der Waals surface area contributed by atoms with Gasteiger partial charge in [-0.15, -0.1) is 17.7 Å². The molecule has 0 saturated carbocycles. The predicted octanol–water partition coefficient (Wildman–Crippen LogP) is 3.31. The van der Waals surface area contributed by atoms with Crippen molar-refractivity contribution >= 4 is 5.57 Å². The summed E-state index contributed by atoms with van der Waals surface area (Å²) in [5.41, 5.74) is 1.25. The number of allylic oxidation sites excluding steroid dienone is 2. The van der Waals surface area contributed by atoms with Gasteiger partial charge < -0.3 is 0 Å². The SMILES string of the molecule is FC(F)(F)c1ccc(C2=C[CH-]2)cc1. The van der Waals surface area contributed by atoms with Gasteiger partial charge in [0, 0.05) is 0 Å². The van der Waals surface area contributed by atoms with E-state index in [2.05, 4.69) is 0 Å². The fourth-order valence-corrected chi connectivity index (χ4v) is 1.09. The molecule has 1 aromatic rings. The van der Waals surface area contributed by atoms with Gasteiger partial charge in [-0.1, -0.05) is 12.1 Å². The zero-order valence-corrected chi connectivity index (χ0v) is 6.60. The lowest BCUT2D eigenvalue weighted by Crippen LogP contribution is -2.04. The van der Waals surface area contributed by atoms with Crippen LogP contribution in [0, 0.1) is 6.42 Å². The number of hydrogen-bond donors (Lipinski definition) is 0. The number of alkyl halides is 3. The lowest BCUT2D eigenvalue weighted by molar-refractivity contribution is -0.137. The van der Waals surface area contributed by atoms with Crippen molar-refractivity contribution in [2.45, 2.75) is 6.18 Å². The Bertz CT molecular complexity index is 343. The molecule has 0 saturated heterocycles. The molecule has 0 unspecified atom stereocenters. The van der Waals surface area contributed by atoms with Gasteiger partial charge in [-0.3, -0.25) is 0 Å². The minimum absolute atomic E-state index is 0.600. The van der Waals surface area contributed by atoms with Crippen LogP contribution in [-0.2, 0) is 6.18 Å². The van der Waals surface area contributed by atoms with Gasteiger partial charge in [0.1, 0.15) is 0 Å². The van der Waals surface area contributed by atoms with Crippen LogP contribution in [-0.4, -0.2) is 0 Å². The van der Waals surface area contributed by atoms with Gasteiger partial charge in [-0.2, -0.15) is 13.2 Å². The average molecular weight is 183 g/mol. The van der Waals surface area contributed by atoms with Gasteiger partial charge >= 0.3 is 6.18 Å². The van der Waals surface area contributed by atoms with E-state index in [1.807, 2.05) is 12.5 Å². The molecule has 0 radical (unpaired) electrons. The Hall–Kier alpha value is -1.38. The zero-order chi connectivity index (χ0) is 9.47. The van der Waals surface area contributed by atoms with Crippen LogP contribution < -0.4 is 0 Å². The Morgan fingerprint density at radius 1 is 1.00 bits per heavy atom.